The molecule has 0 rings (SSSR count). The third-order valence-electron chi connectivity index (χ3n) is 2.69. The number of rotatable bonds is 7. The molecular weight excluding hydrogens is 176 g/mol. The number of hydrogen-bond donors (Lipinski definition) is 0. The lowest BCUT2D eigenvalue weighted by Crippen LogP contribution is -2.22. The van der Waals surface area contributed by atoms with Gasteiger partial charge in [-0.3, -0.25) is 4.79 Å². The van der Waals surface area contributed by atoms with E-state index in [1.165, 1.54) is 0 Å². The van der Waals surface area contributed by atoms with E-state index in [-0.39, 0.29) is 11.4 Å². The Kier molecular flexibility index (Phi) is 6.26. The smallest absolute Gasteiger partial charge is 0.306 e. The van der Waals surface area contributed by atoms with Gasteiger partial charge in [0.25, 0.3) is 0 Å². The molecule has 0 aromatic rings. The van der Waals surface area contributed by atoms with Crippen molar-refractivity contribution in [3.63, 3.8) is 0 Å². The second kappa shape index (κ2) is 6.63. The third-order valence-corrected chi connectivity index (χ3v) is 2.69. The zero-order valence-electron chi connectivity index (χ0n) is 9.64. The summed E-state index contributed by atoms with van der Waals surface area (Å²) in [6, 6.07) is 0. The second-order valence-electron chi connectivity index (χ2n) is 3.65. The molecule has 0 aliphatic carbocycles. The third kappa shape index (κ3) is 3.95. The van der Waals surface area contributed by atoms with Crippen molar-refractivity contribution in [1.29, 1.82) is 0 Å². The normalized spacial score (nSPS) is 14.5. The van der Waals surface area contributed by atoms with E-state index in [2.05, 4.69) is 20.4 Å². The molecule has 0 aliphatic rings. The van der Waals surface area contributed by atoms with E-state index in [9.17, 15) is 4.79 Å². The van der Waals surface area contributed by atoms with Crippen LogP contribution in [-0.2, 0) is 9.53 Å². The molecule has 0 saturated carbocycles. The Labute approximate surface area is 87.3 Å². The number of allylic oxidation sites excluding steroid dienone is 1. The van der Waals surface area contributed by atoms with Crippen molar-refractivity contribution in [3.05, 3.63) is 12.7 Å². The number of carbonyl (C=O) groups is 1. The molecule has 0 aliphatic heterocycles. The highest BCUT2D eigenvalue weighted by molar-refractivity contribution is 5.70. The van der Waals surface area contributed by atoms with Crippen molar-refractivity contribution in [1.82, 2.24) is 0 Å². The van der Waals surface area contributed by atoms with Crippen molar-refractivity contribution < 1.29 is 9.53 Å². The fraction of sp³-hybridized carbons (Fsp3) is 0.750. The molecule has 0 radical (unpaired) electrons. The van der Waals surface area contributed by atoms with E-state index < -0.39 is 0 Å². The monoisotopic (exact) mass is 198 g/mol. The Morgan fingerprint density at radius 2 is 2.07 bits per heavy atom. The first kappa shape index (κ1) is 13.2. The molecule has 0 heterocycles. The van der Waals surface area contributed by atoms with Gasteiger partial charge in [-0.05, 0) is 25.2 Å². The minimum Gasteiger partial charge on any atom is -0.466 e. The van der Waals surface area contributed by atoms with Crippen LogP contribution in [0.15, 0.2) is 12.7 Å². The highest BCUT2D eigenvalue weighted by Gasteiger charge is 2.27. The molecule has 1 unspecified atom stereocenters. The lowest BCUT2D eigenvalue weighted by atomic mass is 9.78. The summed E-state index contributed by atoms with van der Waals surface area (Å²) in [6.07, 6.45) is 5.40. The van der Waals surface area contributed by atoms with Crippen LogP contribution in [-0.4, -0.2) is 12.6 Å². The molecule has 0 bridgehead atoms. The Morgan fingerprint density at radius 3 is 2.43 bits per heavy atom. The molecule has 0 saturated heterocycles. The van der Waals surface area contributed by atoms with Gasteiger partial charge in [-0.25, -0.2) is 0 Å². The summed E-state index contributed by atoms with van der Waals surface area (Å²) in [5.41, 5.74) is -0.0546. The maximum Gasteiger partial charge on any atom is 0.306 e. The highest BCUT2D eigenvalue weighted by Crippen LogP contribution is 2.33. The number of esters is 1. The summed E-state index contributed by atoms with van der Waals surface area (Å²) in [4.78, 5) is 11.4. The van der Waals surface area contributed by atoms with Crippen LogP contribution in [0.4, 0.5) is 0 Å². The molecule has 0 aromatic carbocycles. The molecule has 14 heavy (non-hydrogen) atoms. The molecule has 0 spiro atoms. The summed E-state index contributed by atoms with van der Waals surface area (Å²) >= 11 is 0. The van der Waals surface area contributed by atoms with Gasteiger partial charge in [-0.1, -0.05) is 26.3 Å². The van der Waals surface area contributed by atoms with Crippen molar-refractivity contribution in [3.8, 4) is 0 Å². The Morgan fingerprint density at radius 1 is 1.43 bits per heavy atom. The van der Waals surface area contributed by atoms with Crippen LogP contribution >= 0.6 is 0 Å². The molecular formula is C12H22O2. The predicted octanol–water partition coefficient (Wildman–Crippen LogP) is 3.32. The Hall–Kier alpha value is -0.790. The molecule has 0 amide bonds. The summed E-state index contributed by atoms with van der Waals surface area (Å²) in [5.74, 6) is -0.109. The largest absolute Gasteiger partial charge is 0.466 e. The Balaban J connectivity index is 4.33. The second-order valence-corrected chi connectivity index (χ2v) is 3.65. The van der Waals surface area contributed by atoms with Gasteiger partial charge in [0.1, 0.15) is 0 Å². The maximum absolute atomic E-state index is 11.4. The van der Waals surface area contributed by atoms with Crippen LogP contribution < -0.4 is 0 Å². The van der Waals surface area contributed by atoms with E-state index >= 15 is 0 Å². The van der Waals surface area contributed by atoms with Crippen LogP contribution in [0.3, 0.4) is 0 Å². The maximum atomic E-state index is 11.4. The SMILES string of the molecule is C=CC(CC)(CCC)CC(=O)OCC. The molecule has 0 N–H and O–H groups in total. The number of carbonyl (C=O) groups excluding carboxylic acids is 1. The van der Waals surface area contributed by atoms with Gasteiger partial charge in [-0.15, -0.1) is 6.58 Å². The zero-order valence-corrected chi connectivity index (χ0v) is 9.64. The van der Waals surface area contributed by atoms with E-state index in [1.54, 1.807) is 0 Å². The average molecular weight is 198 g/mol. The lowest BCUT2D eigenvalue weighted by molar-refractivity contribution is -0.145. The van der Waals surface area contributed by atoms with Gasteiger partial charge in [0.05, 0.1) is 13.0 Å². The van der Waals surface area contributed by atoms with Gasteiger partial charge < -0.3 is 4.74 Å². The van der Waals surface area contributed by atoms with Gasteiger partial charge in [-0.2, -0.15) is 0 Å². The molecule has 0 aromatic heterocycles. The zero-order chi connectivity index (χ0) is 11.0. The summed E-state index contributed by atoms with van der Waals surface area (Å²) in [7, 11) is 0. The quantitative estimate of drug-likeness (QED) is 0.463. The van der Waals surface area contributed by atoms with E-state index in [1.807, 2.05) is 13.0 Å². The molecule has 0 fully saturated rings. The Bertz CT molecular complexity index is 187. The predicted molar refractivity (Wildman–Crippen MR) is 59.1 cm³/mol. The molecule has 82 valence electrons. The van der Waals surface area contributed by atoms with Crippen molar-refractivity contribution in [2.75, 3.05) is 6.61 Å². The summed E-state index contributed by atoms with van der Waals surface area (Å²) in [6.45, 7) is 10.3. The molecule has 1 atom stereocenters. The number of hydrogen-bond acceptors (Lipinski definition) is 2. The summed E-state index contributed by atoms with van der Waals surface area (Å²) in [5, 5.41) is 0. The van der Waals surface area contributed by atoms with Crippen LogP contribution in [0.2, 0.25) is 0 Å². The van der Waals surface area contributed by atoms with E-state index in [4.69, 9.17) is 4.74 Å². The fourth-order valence-corrected chi connectivity index (χ4v) is 1.71. The van der Waals surface area contributed by atoms with Crippen molar-refractivity contribution in [2.45, 2.75) is 46.5 Å². The van der Waals surface area contributed by atoms with Crippen molar-refractivity contribution >= 4 is 5.97 Å². The summed E-state index contributed by atoms with van der Waals surface area (Å²) < 4.78 is 4.96. The van der Waals surface area contributed by atoms with Crippen LogP contribution in [0.1, 0.15) is 46.5 Å². The molecule has 2 heteroatoms. The van der Waals surface area contributed by atoms with Crippen LogP contribution in [0.5, 0.6) is 0 Å². The standard InChI is InChI=1S/C12H22O2/c1-5-9-12(6-2,7-3)10-11(13)14-8-4/h6H,2,5,7-10H2,1,3-4H3. The minimum absolute atomic E-state index is 0.0546. The fourth-order valence-electron chi connectivity index (χ4n) is 1.71. The highest BCUT2D eigenvalue weighted by atomic mass is 16.5. The first-order chi connectivity index (χ1) is 6.64. The van der Waals surface area contributed by atoms with E-state index in [0.29, 0.717) is 13.0 Å². The van der Waals surface area contributed by atoms with Crippen LogP contribution in [0.25, 0.3) is 0 Å². The van der Waals surface area contributed by atoms with E-state index in [0.717, 1.165) is 19.3 Å². The first-order valence-corrected chi connectivity index (χ1v) is 5.43. The lowest BCUT2D eigenvalue weighted by Gasteiger charge is -2.27. The van der Waals surface area contributed by atoms with Gasteiger partial charge in [0, 0.05) is 0 Å². The van der Waals surface area contributed by atoms with Crippen molar-refractivity contribution in [2.24, 2.45) is 5.41 Å². The van der Waals surface area contributed by atoms with Gasteiger partial charge in [0.2, 0.25) is 0 Å². The van der Waals surface area contributed by atoms with Gasteiger partial charge >= 0.3 is 5.97 Å². The minimum atomic E-state index is -0.109. The van der Waals surface area contributed by atoms with Gasteiger partial charge in [0.15, 0.2) is 0 Å². The molecule has 2 nitrogen and oxygen atoms in total. The topological polar surface area (TPSA) is 26.3 Å². The average Bonchev–Trinajstić information content (AvgIpc) is 2.17. The van der Waals surface area contributed by atoms with Crippen LogP contribution in [0, 0.1) is 5.41 Å². The number of ether oxygens (including phenoxy) is 1. The first-order valence-electron chi connectivity index (χ1n) is 5.43.